The summed E-state index contributed by atoms with van der Waals surface area (Å²) in [5.41, 5.74) is 3.89. The van der Waals surface area contributed by atoms with Crippen molar-refractivity contribution in [3.05, 3.63) is 52.8 Å². The number of piperidine rings is 1. The highest BCUT2D eigenvalue weighted by atomic mass is 16.6. The lowest BCUT2D eigenvalue weighted by Gasteiger charge is -2.41. The van der Waals surface area contributed by atoms with Crippen LogP contribution in [0.15, 0.2) is 30.5 Å². The number of alkyl carbamates (subject to hydrolysis) is 1. The van der Waals surface area contributed by atoms with Crippen LogP contribution in [0.4, 0.5) is 16.3 Å². The normalized spacial score (nSPS) is 17.8. The predicted octanol–water partition coefficient (Wildman–Crippen LogP) is 4.39. The molecule has 1 aromatic carbocycles. The van der Waals surface area contributed by atoms with Crippen molar-refractivity contribution in [3.8, 4) is 0 Å². The molecular formula is C30H39N7O4. The number of nitrogens with zero attached hydrogens (tertiary/aromatic N) is 5. The molecule has 5 rings (SSSR count). The van der Waals surface area contributed by atoms with E-state index in [1.807, 2.05) is 63.9 Å². The van der Waals surface area contributed by atoms with Crippen LogP contribution in [0, 0.1) is 13.8 Å². The summed E-state index contributed by atoms with van der Waals surface area (Å²) < 4.78 is 7.14. The van der Waals surface area contributed by atoms with Crippen LogP contribution in [-0.4, -0.2) is 68.7 Å². The second-order valence-corrected chi connectivity index (χ2v) is 12.1. The van der Waals surface area contributed by atoms with Crippen molar-refractivity contribution >= 4 is 35.1 Å². The number of benzene rings is 1. The SMILES string of the molecule is CC(=O)Nc1ccc(C)cc1C(=O)N1CCCCC1c1cc2nc(N3CC(NC(=O)OC(C)(C)C)C3)c(C)cn2n1. The number of likely N-dealkylation sites (tertiary alicyclic amines) is 1. The number of fused-ring (bicyclic) bond motifs is 1. The second-order valence-electron chi connectivity index (χ2n) is 12.1. The van der Waals surface area contributed by atoms with Gasteiger partial charge >= 0.3 is 6.09 Å². The molecule has 1 unspecified atom stereocenters. The van der Waals surface area contributed by atoms with E-state index < -0.39 is 11.7 Å². The van der Waals surface area contributed by atoms with Crippen LogP contribution in [-0.2, 0) is 9.53 Å². The summed E-state index contributed by atoms with van der Waals surface area (Å²) in [5, 5.41) is 10.6. The van der Waals surface area contributed by atoms with Crippen molar-refractivity contribution in [3.63, 3.8) is 0 Å². The minimum atomic E-state index is -0.539. The van der Waals surface area contributed by atoms with E-state index in [4.69, 9.17) is 14.8 Å². The van der Waals surface area contributed by atoms with E-state index in [1.54, 1.807) is 10.6 Å². The predicted molar refractivity (Wildman–Crippen MR) is 156 cm³/mol. The van der Waals surface area contributed by atoms with Gasteiger partial charge in [-0.15, -0.1) is 0 Å². The molecule has 3 amide bonds. The van der Waals surface area contributed by atoms with E-state index >= 15 is 0 Å². The summed E-state index contributed by atoms with van der Waals surface area (Å²) in [6.07, 6.45) is 4.25. The highest BCUT2D eigenvalue weighted by Crippen LogP contribution is 2.34. The largest absolute Gasteiger partial charge is 0.444 e. The molecule has 218 valence electrons. The number of carbonyl (C=O) groups excluding carboxylic acids is 3. The third-order valence-corrected chi connectivity index (χ3v) is 7.35. The zero-order chi connectivity index (χ0) is 29.5. The maximum Gasteiger partial charge on any atom is 0.407 e. The first-order chi connectivity index (χ1) is 19.4. The van der Waals surface area contributed by atoms with Crippen LogP contribution >= 0.6 is 0 Å². The number of ether oxygens (including phenoxy) is 1. The van der Waals surface area contributed by atoms with Crippen LogP contribution in [0.3, 0.4) is 0 Å². The van der Waals surface area contributed by atoms with Crippen LogP contribution in [0.1, 0.15) is 80.2 Å². The monoisotopic (exact) mass is 561 g/mol. The smallest absolute Gasteiger partial charge is 0.407 e. The Labute approximate surface area is 240 Å². The molecule has 41 heavy (non-hydrogen) atoms. The van der Waals surface area contributed by atoms with Gasteiger partial charge < -0.3 is 25.2 Å². The van der Waals surface area contributed by atoms with Gasteiger partial charge in [0.1, 0.15) is 11.4 Å². The number of hydrogen-bond acceptors (Lipinski definition) is 7. The summed E-state index contributed by atoms with van der Waals surface area (Å²) in [4.78, 5) is 46.7. The molecule has 2 aliphatic rings. The van der Waals surface area contributed by atoms with Crippen molar-refractivity contribution in [2.24, 2.45) is 0 Å². The molecule has 2 fully saturated rings. The minimum Gasteiger partial charge on any atom is -0.444 e. The highest BCUT2D eigenvalue weighted by molar-refractivity contribution is 6.03. The first kappa shape index (κ1) is 28.4. The summed E-state index contributed by atoms with van der Waals surface area (Å²) in [7, 11) is 0. The van der Waals surface area contributed by atoms with E-state index in [1.165, 1.54) is 6.92 Å². The van der Waals surface area contributed by atoms with E-state index in [0.29, 0.717) is 36.5 Å². The van der Waals surface area contributed by atoms with E-state index in [2.05, 4.69) is 15.5 Å². The summed E-state index contributed by atoms with van der Waals surface area (Å²) in [5.74, 6) is 0.514. The number of carbonyl (C=O) groups is 3. The molecule has 2 saturated heterocycles. The van der Waals surface area contributed by atoms with Gasteiger partial charge in [-0.25, -0.2) is 14.3 Å². The Morgan fingerprint density at radius 2 is 1.83 bits per heavy atom. The Morgan fingerprint density at radius 3 is 2.54 bits per heavy atom. The minimum absolute atomic E-state index is 0.00596. The standard InChI is InChI=1S/C30H39N7O4/c1-18-10-11-23(31-20(3)38)22(13-18)28(39)36-12-8-7-9-25(36)24-14-26-33-27(19(2)15-37(26)34-24)35-16-21(17-35)32-29(40)41-30(4,5)6/h10-11,13-15,21,25H,7-9,12,16-17H2,1-6H3,(H,31,38)(H,32,40). The van der Waals surface area contributed by atoms with Gasteiger partial charge in [0.15, 0.2) is 5.65 Å². The lowest BCUT2D eigenvalue weighted by atomic mass is 9.97. The Hall–Kier alpha value is -4.15. The Morgan fingerprint density at radius 1 is 1.07 bits per heavy atom. The number of amides is 3. The number of rotatable bonds is 5. The van der Waals surface area contributed by atoms with Crippen LogP contribution in [0.5, 0.6) is 0 Å². The Bertz CT molecular complexity index is 1490. The number of nitrogens with one attached hydrogen (secondary N) is 2. The summed E-state index contributed by atoms with van der Waals surface area (Å²) in [6, 6.07) is 7.26. The maximum absolute atomic E-state index is 13.9. The van der Waals surface area contributed by atoms with Crippen LogP contribution < -0.4 is 15.5 Å². The third-order valence-electron chi connectivity index (χ3n) is 7.35. The molecule has 11 nitrogen and oxygen atoms in total. The lowest BCUT2D eigenvalue weighted by Crippen LogP contribution is -2.60. The molecule has 0 radical (unpaired) electrons. The zero-order valence-electron chi connectivity index (χ0n) is 24.7. The topological polar surface area (TPSA) is 121 Å². The maximum atomic E-state index is 13.9. The van der Waals surface area contributed by atoms with Gasteiger partial charge in [-0.1, -0.05) is 11.6 Å². The fraction of sp³-hybridized carbons (Fsp3) is 0.500. The zero-order valence-corrected chi connectivity index (χ0v) is 24.7. The van der Waals surface area contributed by atoms with E-state index in [-0.39, 0.29) is 23.9 Å². The molecule has 3 aromatic rings. The molecule has 11 heteroatoms. The van der Waals surface area contributed by atoms with Gasteiger partial charge in [0.05, 0.1) is 29.0 Å². The molecule has 0 saturated carbocycles. The van der Waals surface area contributed by atoms with Gasteiger partial charge in [-0.3, -0.25) is 9.59 Å². The Kier molecular flexibility index (Phi) is 7.63. The molecule has 2 aromatic heterocycles. The van der Waals surface area contributed by atoms with Crippen molar-refractivity contribution in [1.29, 1.82) is 0 Å². The number of aryl methyl sites for hydroxylation is 2. The first-order valence-corrected chi connectivity index (χ1v) is 14.2. The fourth-order valence-electron chi connectivity index (χ4n) is 5.49. The lowest BCUT2D eigenvalue weighted by molar-refractivity contribution is -0.114. The van der Waals surface area contributed by atoms with Crippen molar-refractivity contribution in [2.45, 2.75) is 78.5 Å². The second kappa shape index (κ2) is 11.0. The number of anilines is 2. The van der Waals surface area contributed by atoms with Crippen molar-refractivity contribution in [1.82, 2.24) is 24.8 Å². The number of hydrogen-bond donors (Lipinski definition) is 2. The average molecular weight is 562 g/mol. The van der Waals surface area contributed by atoms with Crippen LogP contribution in [0.25, 0.3) is 5.65 Å². The molecule has 1 atom stereocenters. The summed E-state index contributed by atoms with van der Waals surface area (Å²) >= 11 is 0. The van der Waals surface area contributed by atoms with Crippen molar-refractivity contribution < 1.29 is 19.1 Å². The molecule has 4 heterocycles. The van der Waals surface area contributed by atoms with Gasteiger partial charge in [-0.05, 0) is 66.0 Å². The first-order valence-electron chi connectivity index (χ1n) is 14.2. The fourth-order valence-corrected chi connectivity index (χ4v) is 5.49. The summed E-state index contributed by atoms with van der Waals surface area (Å²) in [6.45, 7) is 12.8. The highest BCUT2D eigenvalue weighted by Gasteiger charge is 2.34. The molecule has 2 N–H and O–H groups in total. The molecule has 0 spiro atoms. The van der Waals surface area contributed by atoms with Crippen LogP contribution in [0.2, 0.25) is 0 Å². The Balaban J connectivity index is 1.35. The molecule has 2 aliphatic heterocycles. The van der Waals surface area contributed by atoms with E-state index in [0.717, 1.165) is 41.9 Å². The average Bonchev–Trinajstić information content (AvgIpc) is 3.27. The van der Waals surface area contributed by atoms with Crippen molar-refractivity contribution in [2.75, 3.05) is 29.9 Å². The molecular weight excluding hydrogens is 522 g/mol. The van der Waals surface area contributed by atoms with Gasteiger partial charge in [-0.2, -0.15) is 5.10 Å². The van der Waals surface area contributed by atoms with Gasteiger partial charge in [0.2, 0.25) is 5.91 Å². The number of aromatic nitrogens is 3. The van der Waals surface area contributed by atoms with Gasteiger partial charge in [0, 0.05) is 44.4 Å². The van der Waals surface area contributed by atoms with Gasteiger partial charge in [0.25, 0.3) is 5.91 Å². The molecule has 0 bridgehead atoms. The third kappa shape index (κ3) is 6.28. The molecule has 0 aliphatic carbocycles. The van der Waals surface area contributed by atoms with E-state index in [9.17, 15) is 14.4 Å². The quantitative estimate of drug-likeness (QED) is 0.474.